The summed E-state index contributed by atoms with van der Waals surface area (Å²) in [5.74, 6) is -0.904. The highest BCUT2D eigenvalue weighted by molar-refractivity contribution is 5.95. The summed E-state index contributed by atoms with van der Waals surface area (Å²) in [6.45, 7) is 2.70. The van der Waals surface area contributed by atoms with Gasteiger partial charge in [0.1, 0.15) is 5.82 Å². The van der Waals surface area contributed by atoms with Crippen molar-refractivity contribution in [2.75, 3.05) is 19.7 Å². The van der Waals surface area contributed by atoms with Crippen LogP contribution < -0.4 is 0 Å². The van der Waals surface area contributed by atoms with Crippen LogP contribution in [0.15, 0.2) is 67.0 Å². The maximum absolute atomic E-state index is 14.4. The predicted molar refractivity (Wildman–Crippen MR) is 118 cm³/mol. The van der Waals surface area contributed by atoms with Gasteiger partial charge in [0.05, 0.1) is 17.7 Å². The number of halogens is 1. The van der Waals surface area contributed by atoms with Crippen LogP contribution in [0.1, 0.15) is 35.7 Å². The summed E-state index contributed by atoms with van der Waals surface area (Å²) in [6, 6.07) is 15.5. The SMILES string of the molecule is CCOC(=O)[C@]1(Cc2ccccc2F)CCCN(C(=O)c2cccc(-n3cccn3)c2)C1. The first-order valence-electron chi connectivity index (χ1n) is 10.8. The summed E-state index contributed by atoms with van der Waals surface area (Å²) >= 11 is 0. The number of likely N-dealkylation sites (tertiary alicyclic amines) is 1. The third kappa shape index (κ3) is 4.42. The van der Waals surface area contributed by atoms with Crippen LogP contribution in [0.2, 0.25) is 0 Å². The molecule has 1 aliphatic heterocycles. The number of carbonyl (C=O) groups is 2. The van der Waals surface area contributed by atoms with Gasteiger partial charge in [-0.1, -0.05) is 24.3 Å². The van der Waals surface area contributed by atoms with Crippen molar-refractivity contribution >= 4 is 11.9 Å². The molecule has 0 aliphatic carbocycles. The van der Waals surface area contributed by atoms with E-state index >= 15 is 0 Å². The molecular weight excluding hydrogens is 409 g/mol. The molecule has 2 heterocycles. The minimum Gasteiger partial charge on any atom is -0.466 e. The molecule has 1 fully saturated rings. The molecule has 1 aliphatic rings. The van der Waals surface area contributed by atoms with E-state index in [2.05, 4.69) is 5.10 Å². The monoisotopic (exact) mass is 435 g/mol. The van der Waals surface area contributed by atoms with Crippen molar-refractivity contribution in [2.45, 2.75) is 26.2 Å². The first-order chi connectivity index (χ1) is 15.5. The number of rotatable bonds is 6. The van der Waals surface area contributed by atoms with Gasteiger partial charge in [0, 0.05) is 31.0 Å². The molecule has 0 spiro atoms. The Kier molecular flexibility index (Phi) is 6.35. The van der Waals surface area contributed by atoms with E-state index in [4.69, 9.17) is 4.74 Å². The van der Waals surface area contributed by atoms with Crippen molar-refractivity contribution in [1.29, 1.82) is 0 Å². The highest BCUT2D eigenvalue weighted by Crippen LogP contribution is 2.36. The molecule has 1 amide bonds. The molecule has 6 nitrogen and oxygen atoms in total. The Morgan fingerprint density at radius 2 is 2.00 bits per heavy atom. The maximum Gasteiger partial charge on any atom is 0.314 e. The van der Waals surface area contributed by atoms with Gasteiger partial charge in [0.15, 0.2) is 0 Å². The molecule has 3 aromatic rings. The second kappa shape index (κ2) is 9.34. The molecule has 0 radical (unpaired) electrons. The van der Waals surface area contributed by atoms with E-state index in [1.165, 1.54) is 6.07 Å². The fourth-order valence-corrected chi connectivity index (χ4v) is 4.36. The van der Waals surface area contributed by atoms with Crippen LogP contribution in [0, 0.1) is 11.2 Å². The lowest BCUT2D eigenvalue weighted by atomic mass is 9.74. The molecule has 166 valence electrons. The van der Waals surface area contributed by atoms with Crippen molar-refractivity contribution in [1.82, 2.24) is 14.7 Å². The lowest BCUT2D eigenvalue weighted by Gasteiger charge is -2.41. The minimum absolute atomic E-state index is 0.166. The van der Waals surface area contributed by atoms with Crippen LogP contribution in [0.25, 0.3) is 5.69 Å². The molecule has 32 heavy (non-hydrogen) atoms. The number of aromatic nitrogens is 2. The zero-order chi connectivity index (χ0) is 22.6. The Hall–Kier alpha value is -3.48. The highest BCUT2D eigenvalue weighted by atomic mass is 19.1. The molecule has 7 heteroatoms. The summed E-state index contributed by atoms with van der Waals surface area (Å²) in [6.07, 6.45) is 4.85. The normalized spacial score (nSPS) is 18.4. The third-order valence-corrected chi connectivity index (χ3v) is 5.92. The van der Waals surface area contributed by atoms with Crippen molar-refractivity contribution in [3.05, 3.63) is 83.9 Å². The lowest BCUT2D eigenvalue weighted by molar-refractivity contribution is -0.158. The number of hydrogen-bond donors (Lipinski definition) is 0. The van der Waals surface area contributed by atoms with Crippen LogP contribution in [-0.4, -0.2) is 46.3 Å². The quantitative estimate of drug-likeness (QED) is 0.548. The van der Waals surface area contributed by atoms with Gasteiger partial charge in [0.25, 0.3) is 5.91 Å². The molecule has 2 aromatic carbocycles. The smallest absolute Gasteiger partial charge is 0.314 e. The standard InChI is InChI=1S/C25H26FN3O3/c1-2-32-24(31)25(17-20-8-3-4-11-22(20)26)12-6-14-28(18-25)23(30)19-9-5-10-21(16-19)29-15-7-13-27-29/h3-5,7-11,13,15-16H,2,6,12,14,17-18H2,1H3/t25-/m0/s1. The Morgan fingerprint density at radius 3 is 2.75 bits per heavy atom. The molecular formula is C25H26FN3O3. The summed E-state index contributed by atoms with van der Waals surface area (Å²) in [4.78, 5) is 28.1. The molecule has 1 aromatic heterocycles. The lowest BCUT2D eigenvalue weighted by Crippen LogP contribution is -2.51. The Labute approximate surface area is 186 Å². The van der Waals surface area contributed by atoms with Gasteiger partial charge >= 0.3 is 5.97 Å². The van der Waals surface area contributed by atoms with Gasteiger partial charge in [-0.15, -0.1) is 0 Å². The van der Waals surface area contributed by atoms with Gasteiger partial charge < -0.3 is 9.64 Å². The zero-order valence-electron chi connectivity index (χ0n) is 18.0. The van der Waals surface area contributed by atoms with Crippen LogP contribution in [-0.2, 0) is 16.0 Å². The first kappa shape index (κ1) is 21.7. The predicted octanol–water partition coefficient (Wildman–Crippen LogP) is 4.04. The molecule has 0 saturated carbocycles. The molecule has 4 rings (SSSR count). The number of esters is 1. The fourth-order valence-electron chi connectivity index (χ4n) is 4.36. The van der Waals surface area contributed by atoms with Crippen molar-refractivity contribution in [2.24, 2.45) is 5.41 Å². The molecule has 1 saturated heterocycles. The van der Waals surface area contributed by atoms with Crippen molar-refractivity contribution < 1.29 is 18.7 Å². The molecule has 0 unspecified atom stereocenters. The number of carbonyl (C=O) groups excluding carboxylic acids is 2. The van der Waals surface area contributed by atoms with E-state index < -0.39 is 5.41 Å². The average Bonchev–Trinajstić information content (AvgIpc) is 3.36. The Balaban J connectivity index is 1.61. The number of amides is 1. The molecule has 0 N–H and O–H groups in total. The van der Waals surface area contributed by atoms with E-state index in [-0.39, 0.29) is 37.3 Å². The van der Waals surface area contributed by atoms with Crippen LogP contribution >= 0.6 is 0 Å². The number of hydrogen-bond acceptors (Lipinski definition) is 4. The van der Waals surface area contributed by atoms with Gasteiger partial charge in [-0.05, 0) is 62.1 Å². The van der Waals surface area contributed by atoms with Gasteiger partial charge in [-0.3, -0.25) is 9.59 Å². The van der Waals surface area contributed by atoms with E-state index in [0.29, 0.717) is 30.5 Å². The minimum atomic E-state index is -0.980. The topological polar surface area (TPSA) is 64.4 Å². The summed E-state index contributed by atoms with van der Waals surface area (Å²) in [7, 11) is 0. The third-order valence-electron chi connectivity index (χ3n) is 5.92. The fraction of sp³-hybridized carbons (Fsp3) is 0.320. The van der Waals surface area contributed by atoms with Crippen molar-refractivity contribution in [3.8, 4) is 5.69 Å². The molecule has 0 bridgehead atoms. The van der Waals surface area contributed by atoms with Crippen LogP contribution in [0.4, 0.5) is 4.39 Å². The maximum atomic E-state index is 14.4. The van der Waals surface area contributed by atoms with E-state index in [9.17, 15) is 14.0 Å². The number of benzene rings is 2. The number of ether oxygens (including phenoxy) is 1. The average molecular weight is 435 g/mol. The van der Waals surface area contributed by atoms with Crippen LogP contribution in [0.5, 0.6) is 0 Å². The Morgan fingerprint density at radius 1 is 1.16 bits per heavy atom. The second-order valence-electron chi connectivity index (χ2n) is 8.10. The number of nitrogens with zero attached hydrogens (tertiary/aromatic N) is 3. The van der Waals surface area contributed by atoms with Gasteiger partial charge in [0.2, 0.25) is 0 Å². The Bertz CT molecular complexity index is 1100. The summed E-state index contributed by atoms with van der Waals surface area (Å²) in [5, 5.41) is 4.22. The van der Waals surface area contributed by atoms with Gasteiger partial charge in [-0.25, -0.2) is 9.07 Å². The van der Waals surface area contributed by atoms with E-state index in [1.54, 1.807) is 53.0 Å². The van der Waals surface area contributed by atoms with E-state index in [0.717, 1.165) is 5.69 Å². The van der Waals surface area contributed by atoms with Crippen LogP contribution in [0.3, 0.4) is 0 Å². The van der Waals surface area contributed by atoms with E-state index in [1.807, 2.05) is 24.4 Å². The zero-order valence-corrected chi connectivity index (χ0v) is 18.0. The number of piperidine rings is 1. The summed E-state index contributed by atoms with van der Waals surface area (Å²) in [5.41, 5.74) is 0.770. The second-order valence-corrected chi connectivity index (χ2v) is 8.10. The van der Waals surface area contributed by atoms with Gasteiger partial charge in [-0.2, -0.15) is 5.10 Å². The van der Waals surface area contributed by atoms with Crippen molar-refractivity contribution in [3.63, 3.8) is 0 Å². The molecule has 1 atom stereocenters. The summed E-state index contributed by atoms with van der Waals surface area (Å²) < 4.78 is 21.5. The first-order valence-corrected chi connectivity index (χ1v) is 10.8. The highest BCUT2D eigenvalue weighted by Gasteiger charge is 2.45. The largest absolute Gasteiger partial charge is 0.466 e.